The first-order valence-corrected chi connectivity index (χ1v) is 7.02. The lowest BCUT2D eigenvalue weighted by molar-refractivity contribution is 0.199. The molecule has 0 aliphatic carbocycles. The van der Waals surface area contributed by atoms with E-state index in [1.807, 2.05) is 49.4 Å². The maximum atomic E-state index is 9.61. The first-order valence-electron chi connectivity index (χ1n) is 6.22. The van der Waals surface area contributed by atoms with Crippen molar-refractivity contribution in [1.82, 2.24) is 0 Å². The molecule has 19 heavy (non-hydrogen) atoms. The Hall–Kier alpha value is -1.32. The molecular weight excluding hydrogens is 304 g/mol. The Bertz CT molecular complexity index is 527. The van der Waals surface area contributed by atoms with Crippen LogP contribution in [0.3, 0.4) is 0 Å². The molecule has 1 N–H and O–H groups in total. The summed E-state index contributed by atoms with van der Waals surface area (Å²) in [6, 6.07) is 13.9. The summed E-state index contributed by atoms with van der Waals surface area (Å²) in [7, 11) is 0. The van der Waals surface area contributed by atoms with Gasteiger partial charge in [-0.15, -0.1) is 0 Å². The molecule has 0 bridgehead atoms. The van der Waals surface area contributed by atoms with Crippen molar-refractivity contribution >= 4 is 15.9 Å². The molecule has 2 nitrogen and oxygen atoms in total. The number of hydrogen-bond donors (Lipinski definition) is 1. The molecule has 0 amide bonds. The quantitative estimate of drug-likeness (QED) is 0.905. The van der Waals surface area contributed by atoms with Crippen LogP contribution in [0.4, 0.5) is 0 Å². The Morgan fingerprint density at radius 3 is 2.47 bits per heavy atom. The second kappa shape index (κ2) is 6.22. The molecule has 0 saturated carbocycles. The van der Waals surface area contributed by atoms with Gasteiger partial charge in [0.05, 0.1) is 10.6 Å². The van der Waals surface area contributed by atoms with Gasteiger partial charge >= 0.3 is 0 Å². The van der Waals surface area contributed by atoms with E-state index in [1.54, 1.807) is 6.92 Å². The molecule has 0 fully saturated rings. The minimum Gasteiger partial charge on any atom is -0.487 e. The van der Waals surface area contributed by atoms with E-state index in [-0.39, 0.29) is 0 Å². The van der Waals surface area contributed by atoms with Crippen molar-refractivity contribution in [3.63, 3.8) is 0 Å². The third-order valence-electron chi connectivity index (χ3n) is 2.96. The number of halogens is 1. The molecule has 1 unspecified atom stereocenters. The number of aryl methyl sites for hydroxylation is 1. The van der Waals surface area contributed by atoms with Gasteiger partial charge in [-0.3, -0.25) is 0 Å². The van der Waals surface area contributed by atoms with Crippen LogP contribution in [0.1, 0.15) is 29.7 Å². The maximum Gasteiger partial charge on any atom is 0.136 e. The highest BCUT2D eigenvalue weighted by atomic mass is 79.9. The fourth-order valence-electron chi connectivity index (χ4n) is 1.91. The molecular formula is C16H17BrO2. The highest BCUT2D eigenvalue weighted by Crippen LogP contribution is 2.32. The molecule has 3 heteroatoms. The Morgan fingerprint density at radius 2 is 1.89 bits per heavy atom. The first-order chi connectivity index (χ1) is 9.08. The van der Waals surface area contributed by atoms with Crippen LogP contribution in [0.2, 0.25) is 0 Å². The summed E-state index contributed by atoms with van der Waals surface area (Å²) in [5.74, 6) is 0.827. The zero-order valence-electron chi connectivity index (χ0n) is 11.1. The van der Waals surface area contributed by atoms with Gasteiger partial charge in [0.1, 0.15) is 12.4 Å². The number of aliphatic hydroxyl groups is 1. The Morgan fingerprint density at radius 1 is 1.21 bits per heavy atom. The number of benzene rings is 2. The average Bonchev–Trinajstić information content (AvgIpc) is 2.38. The van der Waals surface area contributed by atoms with Crippen molar-refractivity contribution in [2.45, 2.75) is 26.6 Å². The average molecular weight is 321 g/mol. The summed E-state index contributed by atoms with van der Waals surface area (Å²) in [6.07, 6.45) is -0.474. The molecule has 0 aliphatic rings. The summed E-state index contributed by atoms with van der Waals surface area (Å²) in [6.45, 7) is 4.27. The third kappa shape index (κ3) is 3.58. The minimum absolute atomic E-state index is 0.474. The van der Waals surface area contributed by atoms with Gasteiger partial charge in [0.15, 0.2) is 0 Å². The lowest BCUT2D eigenvalue weighted by atomic mass is 10.1. The van der Waals surface area contributed by atoms with E-state index in [2.05, 4.69) is 15.9 Å². The fourth-order valence-corrected chi connectivity index (χ4v) is 2.60. The summed E-state index contributed by atoms with van der Waals surface area (Å²) >= 11 is 3.50. The van der Waals surface area contributed by atoms with Crippen molar-refractivity contribution in [2.24, 2.45) is 0 Å². The molecule has 100 valence electrons. The second-order valence-corrected chi connectivity index (χ2v) is 5.45. The first kappa shape index (κ1) is 14.1. The van der Waals surface area contributed by atoms with Crippen LogP contribution in [0.15, 0.2) is 46.9 Å². The number of hydrogen-bond acceptors (Lipinski definition) is 2. The van der Waals surface area contributed by atoms with Crippen LogP contribution in [-0.4, -0.2) is 5.11 Å². The lowest BCUT2D eigenvalue weighted by Gasteiger charge is -2.14. The van der Waals surface area contributed by atoms with Gasteiger partial charge in [-0.2, -0.15) is 0 Å². The number of aliphatic hydroxyl groups excluding tert-OH is 1. The monoisotopic (exact) mass is 320 g/mol. The molecule has 0 heterocycles. The molecule has 0 spiro atoms. The Labute approximate surface area is 122 Å². The van der Waals surface area contributed by atoms with Crippen molar-refractivity contribution in [2.75, 3.05) is 0 Å². The third-order valence-corrected chi connectivity index (χ3v) is 3.55. The van der Waals surface area contributed by atoms with Crippen LogP contribution in [0.5, 0.6) is 5.75 Å². The van der Waals surface area contributed by atoms with Gasteiger partial charge in [-0.1, -0.05) is 30.3 Å². The van der Waals surface area contributed by atoms with E-state index in [4.69, 9.17) is 4.74 Å². The van der Waals surface area contributed by atoms with E-state index in [1.165, 1.54) is 0 Å². The number of rotatable bonds is 4. The standard InChI is InChI=1S/C16H17BrO2/c1-11-8-14(12(2)18)9-15(17)16(11)19-10-13-6-4-3-5-7-13/h3-9,12,18H,10H2,1-2H3. The number of ether oxygens (including phenoxy) is 1. The molecule has 0 aliphatic heterocycles. The van der Waals surface area contributed by atoms with Gasteiger partial charge < -0.3 is 9.84 Å². The Kier molecular flexibility index (Phi) is 4.61. The van der Waals surface area contributed by atoms with E-state index >= 15 is 0 Å². The summed E-state index contributed by atoms with van der Waals surface area (Å²) in [4.78, 5) is 0. The largest absolute Gasteiger partial charge is 0.487 e. The maximum absolute atomic E-state index is 9.61. The zero-order valence-corrected chi connectivity index (χ0v) is 12.6. The Balaban J connectivity index is 2.17. The second-order valence-electron chi connectivity index (χ2n) is 4.60. The van der Waals surface area contributed by atoms with Crippen LogP contribution in [0, 0.1) is 6.92 Å². The topological polar surface area (TPSA) is 29.5 Å². The van der Waals surface area contributed by atoms with Crippen molar-refractivity contribution in [3.8, 4) is 5.75 Å². The van der Waals surface area contributed by atoms with Gasteiger partial charge in [0, 0.05) is 0 Å². The van der Waals surface area contributed by atoms with E-state index in [0.29, 0.717) is 6.61 Å². The zero-order chi connectivity index (χ0) is 13.8. The molecule has 0 radical (unpaired) electrons. The predicted molar refractivity (Wildman–Crippen MR) is 80.3 cm³/mol. The van der Waals surface area contributed by atoms with Gasteiger partial charge in [-0.05, 0) is 58.6 Å². The van der Waals surface area contributed by atoms with Crippen LogP contribution >= 0.6 is 15.9 Å². The van der Waals surface area contributed by atoms with Gasteiger partial charge in [0.25, 0.3) is 0 Å². The molecule has 2 aromatic carbocycles. The van der Waals surface area contributed by atoms with Gasteiger partial charge in [-0.25, -0.2) is 0 Å². The molecule has 2 rings (SSSR count). The lowest BCUT2D eigenvalue weighted by Crippen LogP contribution is -2.00. The van der Waals surface area contributed by atoms with Gasteiger partial charge in [0.2, 0.25) is 0 Å². The summed E-state index contributed by atoms with van der Waals surface area (Å²) < 4.78 is 6.73. The van der Waals surface area contributed by atoms with Crippen LogP contribution in [0.25, 0.3) is 0 Å². The SMILES string of the molecule is Cc1cc(C(C)O)cc(Br)c1OCc1ccccc1. The van der Waals surface area contributed by atoms with Crippen molar-refractivity contribution in [3.05, 3.63) is 63.6 Å². The fraction of sp³-hybridized carbons (Fsp3) is 0.250. The molecule has 0 saturated heterocycles. The van der Waals surface area contributed by atoms with E-state index in [9.17, 15) is 5.11 Å². The molecule has 0 aromatic heterocycles. The smallest absolute Gasteiger partial charge is 0.136 e. The summed E-state index contributed by atoms with van der Waals surface area (Å²) in [5, 5.41) is 9.61. The minimum atomic E-state index is -0.474. The molecule has 2 aromatic rings. The highest BCUT2D eigenvalue weighted by molar-refractivity contribution is 9.10. The van der Waals surface area contributed by atoms with Crippen molar-refractivity contribution < 1.29 is 9.84 Å². The van der Waals surface area contributed by atoms with Crippen LogP contribution in [-0.2, 0) is 6.61 Å². The van der Waals surface area contributed by atoms with E-state index in [0.717, 1.165) is 26.9 Å². The van der Waals surface area contributed by atoms with Crippen LogP contribution < -0.4 is 4.74 Å². The summed E-state index contributed by atoms with van der Waals surface area (Å²) in [5.41, 5.74) is 3.03. The normalized spacial score (nSPS) is 12.2. The predicted octanol–water partition coefficient (Wildman–Crippen LogP) is 4.39. The molecule has 1 atom stereocenters. The van der Waals surface area contributed by atoms with E-state index < -0.39 is 6.10 Å². The highest BCUT2D eigenvalue weighted by Gasteiger charge is 2.10. The van der Waals surface area contributed by atoms with Crippen molar-refractivity contribution in [1.29, 1.82) is 0 Å².